The highest BCUT2D eigenvalue weighted by Gasteiger charge is 2.34. The van der Waals surface area contributed by atoms with Crippen LogP contribution in [0.4, 0.5) is 5.69 Å². The average molecular weight is 339 g/mol. The van der Waals surface area contributed by atoms with Crippen molar-refractivity contribution in [3.63, 3.8) is 0 Å². The Labute approximate surface area is 149 Å². The second kappa shape index (κ2) is 6.29. The molecule has 1 aromatic heterocycles. The molecular formula is C20H29N5. The van der Waals surface area contributed by atoms with Crippen molar-refractivity contribution in [2.24, 2.45) is 5.92 Å². The lowest BCUT2D eigenvalue weighted by atomic mass is 9.83. The van der Waals surface area contributed by atoms with E-state index in [1.165, 1.54) is 63.1 Å². The maximum absolute atomic E-state index is 5.93. The van der Waals surface area contributed by atoms with Gasteiger partial charge in [-0.15, -0.1) is 0 Å². The zero-order valence-corrected chi connectivity index (χ0v) is 15.0. The third-order valence-electron chi connectivity index (χ3n) is 6.58. The normalized spacial score (nSPS) is 28.0. The molecule has 2 atom stereocenters. The van der Waals surface area contributed by atoms with Crippen molar-refractivity contribution in [3.8, 4) is 0 Å². The summed E-state index contributed by atoms with van der Waals surface area (Å²) >= 11 is 0. The molecule has 5 rings (SSSR count). The summed E-state index contributed by atoms with van der Waals surface area (Å²) in [6.45, 7) is 7.09. The predicted octanol–water partition coefficient (Wildman–Crippen LogP) is 2.70. The third kappa shape index (κ3) is 2.83. The van der Waals surface area contributed by atoms with Crippen molar-refractivity contribution in [2.75, 3.05) is 31.9 Å². The Morgan fingerprint density at radius 2 is 1.96 bits per heavy atom. The Bertz CT molecular complexity index is 765. The molecule has 0 radical (unpaired) electrons. The van der Waals surface area contributed by atoms with Gasteiger partial charge < -0.3 is 15.2 Å². The summed E-state index contributed by atoms with van der Waals surface area (Å²) in [5, 5.41) is 0. The largest absolute Gasteiger partial charge is 0.399 e. The standard InChI is InChI=1S/C20H29N5/c21-16-6-7-19-17(12-16)22-20-14-23(10-11-25(19)20)13-15-4-3-9-24-8-2-1-5-18(15)24/h6-7,12,15,18H,1-5,8-11,13-14,21H2/t15-,18+/m1/s1. The maximum Gasteiger partial charge on any atom is 0.124 e. The second-order valence-electron chi connectivity index (χ2n) is 8.16. The highest BCUT2D eigenvalue weighted by atomic mass is 15.3. The molecule has 1 aromatic carbocycles. The number of fused-ring (bicyclic) bond motifs is 4. The fraction of sp³-hybridized carbons (Fsp3) is 0.650. The number of imidazole rings is 1. The quantitative estimate of drug-likeness (QED) is 0.855. The van der Waals surface area contributed by atoms with E-state index >= 15 is 0 Å². The highest BCUT2D eigenvalue weighted by Crippen LogP contribution is 2.32. The fourth-order valence-corrected chi connectivity index (χ4v) is 5.37. The summed E-state index contributed by atoms with van der Waals surface area (Å²) in [6, 6.07) is 6.95. The maximum atomic E-state index is 5.93. The van der Waals surface area contributed by atoms with Gasteiger partial charge in [0.05, 0.1) is 17.6 Å². The summed E-state index contributed by atoms with van der Waals surface area (Å²) < 4.78 is 2.39. The van der Waals surface area contributed by atoms with Crippen molar-refractivity contribution >= 4 is 16.7 Å². The van der Waals surface area contributed by atoms with Gasteiger partial charge in [0.15, 0.2) is 0 Å². The number of nitrogens with two attached hydrogens (primary N) is 1. The zero-order chi connectivity index (χ0) is 16.8. The lowest BCUT2D eigenvalue weighted by Crippen LogP contribution is -2.51. The topological polar surface area (TPSA) is 50.3 Å². The van der Waals surface area contributed by atoms with Crippen LogP contribution in [0.1, 0.15) is 37.9 Å². The lowest BCUT2D eigenvalue weighted by molar-refractivity contribution is 0.0353. The number of piperidine rings is 2. The minimum Gasteiger partial charge on any atom is -0.399 e. The third-order valence-corrected chi connectivity index (χ3v) is 6.58. The molecule has 2 saturated heterocycles. The van der Waals surface area contributed by atoms with Gasteiger partial charge in [-0.25, -0.2) is 4.98 Å². The Morgan fingerprint density at radius 3 is 2.92 bits per heavy atom. The fourth-order valence-electron chi connectivity index (χ4n) is 5.37. The van der Waals surface area contributed by atoms with Crippen molar-refractivity contribution < 1.29 is 0 Å². The molecule has 2 aromatic rings. The van der Waals surface area contributed by atoms with E-state index in [0.29, 0.717) is 0 Å². The van der Waals surface area contributed by atoms with E-state index in [0.717, 1.165) is 42.8 Å². The summed E-state index contributed by atoms with van der Waals surface area (Å²) in [5.41, 5.74) is 9.02. The summed E-state index contributed by atoms with van der Waals surface area (Å²) in [7, 11) is 0. The van der Waals surface area contributed by atoms with E-state index in [1.54, 1.807) is 0 Å². The molecule has 25 heavy (non-hydrogen) atoms. The molecule has 0 aliphatic carbocycles. The van der Waals surface area contributed by atoms with E-state index in [9.17, 15) is 0 Å². The first kappa shape index (κ1) is 15.6. The van der Waals surface area contributed by atoms with E-state index in [-0.39, 0.29) is 0 Å². The van der Waals surface area contributed by atoms with Crippen molar-refractivity contribution in [2.45, 2.75) is 51.2 Å². The van der Waals surface area contributed by atoms with Crippen molar-refractivity contribution in [1.29, 1.82) is 0 Å². The zero-order valence-electron chi connectivity index (χ0n) is 15.0. The van der Waals surface area contributed by atoms with Crippen LogP contribution in [0.25, 0.3) is 11.0 Å². The number of anilines is 1. The van der Waals surface area contributed by atoms with Gasteiger partial charge in [0.2, 0.25) is 0 Å². The first-order valence-electron chi connectivity index (χ1n) is 9.99. The molecule has 3 aliphatic rings. The van der Waals surface area contributed by atoms with E-state index in [2.05, 4.69) is 20.4 Å². The smallest absolute Gasteiger partial charge is 0.124 e. The molecule has 0 saturated carbocycles. The number of hydrogen-bond acceptors (Lipinski definition) is 4. The van der Waals surface area contributed by atoms with Gasteiger partial charge in [-0.2, -0.15) is 0 Å². The molecule has 4 heterocycles. The minimum absolute atomic E-state index is 0.805. The molecule has 5 nitrogen and oxygen atoms in total. The minimum atomic E-state index is 0.805. The molecular weight excluding hydrogens is 310 g/mol. The Balaban J connectivity index is 1.32. The summed E-state index contributed by atoms with van der Waals surface area (Å²) in [6.07, 6.45) is 7.03. The van der Waals surface area contributed by atoms with Gasteiger partial charge in [-0.1, -0.05) is 6.42 Å². The van der Waals surface area contributed by atoms with Gasteiger partial charge in [0, 0.05) is 31.4 Å². The van der Waals surface area contributed by atoms with Crippen LogP contribution in [0.5, 0.6) is 0 Å². The van der Waals surface area contributed by atoms with Gasteiger partial charge in [0.25, 0.3) is 0 Å². The molecule has 0 spiro atoms. The summed E-state index contributed by atoms with van der Waals surface area (Å²) in [4.78, 5) is 10.3. The molecule has 3 aliphatic heterocycles. The number of hydrogen-bond donors (Lipinski definition) is 1. The molecule has 0 bridgehead atoms. The van der Waals surface area contributed by atoms with Gasteiger partial charge in [-0.3, -0.25) is 4.90 Å². The van der Waals surface area contributed by atoms with Crippen molar-refractivity contribution in [3.05, 3.63) is 24.0 Å². The number of benzene rings is 1. The number of nitrogen functional groups attached to an aromatic ring is 1. The van der Waals surface area contributed by atoms with E-state index < -0.39 is 0 Å². The predicted molar refractivity (Wildman–Crippen MR) is 101 cm³/mol. The molecule has 5 heteroatoms. The van der Waals surface area contributed by atoms with Crippen LogP contribution < -0.4 is 5.73 Å². The van der Waals surface area contributed by atoms with E-state index in [1.807, 2.05) is 12.1 Å². The Morgan fingerprint density at radius 1 is 1.04 bits per heavy atom. The van der Waals surface area contributed by atoms with Crippen LogP contribution in [0.2, 0.25) is 0 Å². The molecule has 134 valence electrons. The number of aromatic nitrogens is 2. The van der Waals surface area contributed by atoms with Crippen molar-refractivity contribution in [1.82, 2.24) is 19.4 Å². The van der Waals surface area contributed by atoms with Crippen LogP contribution in [0.15, 0.2) is 18.2 Å². The first-order valence-corrected chi connectivity index (χ1v) is 9.99. The summed E-state index contributed by atoms with van der Waals surface area (Å²) in [5.74, 6) is 2.06. The van der Waals surface area contributed by atoms with Crippen LogP contribution in [0.3, 0.4) is 0 Å². The number of rotatable bonds is 2. The van der Waals surface area contributed by atoms with Gasteiger partial charge in [0.1, 0.15) is 5.82 Å². The van der Waals surface area contributed by atoms with Crippen LogP contribution >= 0.6 is 0 Å². The molecule has 0 unspecified atom stereocenters. The highest BCUT2D eigenvalue weighted by molar-refractivity contribution is 5.79. The average Bonchev–Trinajstić information content (AvgIpc) is 2.98. The Hall–Kier alpha value is -1.59. The molecule has 2 N–H and O–H groups in total. The first-order chi connectivity index (χ1) is 12.3. The Kier molecular flexibility index (Phi) is 3.94. The number of nitrogens with zero attached hydrogens (tertiary/aromatic N) is 4. The molecule has 2 fully saturated rings. The van der Waals surface area contributed by atoms with Crippen LogP contribution in [0, 0.1) is 5.92 Å². The molecule has 0 amide bonds. The van der Waals surface area contributed by atoms with Crippen LogP contribution in [-0.4, -0.2) is 51.6 Å². The van der Waals surface area contributed by atoms with Gasteiger partial charge >= 0.3 is 0 Å². The SMILES string of the molecule is Nc1ccc2c(c1)nc1n2CCN(C[C@H]2CCCN3CCCC[C@@H]23)C1. The van der Waals surface area contributed by atoms with E-state index in [4.69, 9.17) is 10.7 Å². The lowest BCUT2D eigenvalue weighted by Gasteiger charge is -2.46. The second-order valence-corrected chi connectivity index (χ2v) is 8.16. The van der Waals surface area contributed by atoms with Crippen LogP contribution in [-0.2, 0) is 13.1 Å². The van der Waals surface area contributed by atoms with Gasteiger partial charge in [-0.05, 0) is 62.9 Å². The monoisotopic (exact) mass is 339 g/mol.